The van der Waals surface area contributed by atoms with Gasteiger partial charge in [-0.1, -0.05) is 18.2 Å². The van der Waals surface area contributed by atoms with Crippen molar-refractivity contribution in [1.29, 1.82) is 5.26 Å². The second-order valence-electron chi connectivity index (χ2n) is 10.8. The molecule has 6 rings (SSSR count). The Kier molecular flexibility index (Phi) is 7.62. The first-order valence-corrected chi connectivity index (χ1v) is 14.3. The van der Waals surface area contributed by atoms with E-state index in [1.807, 2.05) is 12.1 Å². The molecule has 2 aromatic heterocycles. The minimum atomic E-state index is -0.340. The van der Waals surface area contributed by atoms with Crippen molar-refractivity contribution in [1.82, 2.24) is 19.8 Å². The molecule has 0 bridgehead atoms. The van der Waals surface area contributed by atoms with Crippen LogP contribution < -0.4 is 9.64 Å². The first-order valence-electron chi connectivity index (χ1n) is 14.0. The number of piperazine rings is 1. The molecule has 2 fully saturated rings. The molecule has 2 aliphatic rings. The Hall–Kier alpha value is -4.33. The van der Waals surface area contributed by atoms with Gasteiger partial charge in [0.25, 0.3) is 0 Å². The van der Waals surface area contributed by atoms with E-state index in [-0.39, 0.29) is 36.2 Å². The van der Waals surface area contributed by atoms with E-state index in [1.54, 1.807) is 29.4 Å². The molecule has 42 heavy (non-hydrogen) atoms. The summed E-state index contributed by atoms with van der Waals surface area (Å²) in [7, 11) is 2.09. The number of furan rings is 1. The minimum Gasteiger partial charge on any atom is -0.508 e. The van der Waals surface area contributed by atoms with Crippen molar-refractivity contribution in [2.45, 2.75) is 31.3 Å². The second-order valence-corrected chi connectivity index (χ2v) is 11.2. The molecule has 0 unspecified atom stereocenters. The lowest BCUT2D eigenvalue weighted by molar-refractivity contribution is -0.128. The monoisotopic (exact) mass is 586 g/mol. The van der Waals surface area contributed by atoms with Gasteiger partial charge in [-0.25, -0.2) is 0 Å². The number of anilines is 1. The van der Waals surface area contributed by atoms with Crippen molar-refractivity contribution >= 4 is 45.2 Å². The average Bonchev–Trinajstić information content (AvgIpc) is 3.65. The highest BCUT2D eigenvalue weighted by molar-refractivity contribution is 6.34. The lowest BCUT2D eigenvalue weighted by Crippen LogP contribution is -2.55. The summed E-state index contributed by atoms with van der Waals surface area (Å²) in [5.41, 5.74) is 2.56. The van der Waals surface area contributed by atoms with Crippen LogP contribution in [0, 0.1) is 11.3 Å². The number of hydrogen-bond acceptors (Lipinski definition) is 9. The first-order chi connectivity index (χ1) is 20.4. The molecule has 2 aliphatic heterocycles. The number of carbonyl (C=O) groups excluding carboxylic acids is 1. The van der Waals surface area contributed by atoms with E-state index in [0.717, 1.165) is 30.3 Å². The third-order valence-electron chi connectivity index (χ3n) is 8.24. The fourth-order valence-corrected chi connectivity index (χ4v) is 6.25. The Balaban J connectivity index is 1.50. The lowest BCUT2D eigenvalue weighted by Gasteiger charge is -2.41. The van der Waals surface area contributed by atoms with Crippen molar-refractivity contribution in [3.05, 3.63) is 54.3 Å². The third-order valence-corrected chi connectivity index (χ3v) is 8.57. The summed E-state index contributed by atoms with van der Waals surface area (Å²) in [6, 6.07) is 11.0. The molecule has 216 valence electrons. The van der Waals surface area contributed by atoms with Gasteiger partial charge < -0.3 is 29.0 Å². The van der Waals surface area contributed by atoms with Gasteiger partial charge >= 0.3 is 6.01 Å². The number of carbonyl (C=O) groups is 1. The van der Waals surface area contributed by atoms with Crippen LogP contribution in [0.1, 0.15) is 19.3 Å². The number of ether oxygens (including phenoxy) is 1. The van der Waals surface area contributed by atoms with Crippen LogP contribution in [-0.4, -0.2) is 82.7 Å². The number of likely N-dealkylation sites (N-methyl/N-ethyl adjacent to an activating group) is 1. The van der Waals surface area contributed by atoms with Crippen LogP contribution in [0.2, 0.25) is 5.02 Å². The molecule has 0 radical (unpaired) electrons. The normalized spacial score (nSPS) is 19.4. The fourth-order valence-electron chi connectivity index (χ4n) is 6.03. The van der Waals surface area contributed by atoms with Crippen LogP contribution in [-0.2, 0) is 4.79 Å². The van der Waals surface area contributed by atoms with Crippen LogP contribution in [0.15, 0.2) is 53.7 Å². The Labute approximate surface area is 248 Å². The summed E-state index contributed by atoms with van der Waals surface area (Å²) < 4.78 is 12.3. The maximum Gasteiger partial charge on any atom is 0.319 e. The molecule has 4 heterocycles. The van der Waals surface area contributed by atoms with Crippen LogP contribution in [0.5, 0.6) is 11.8 Å². The van der Waals surface area contributed by atoms with E-state index in [2.05, 4.69) is 29.5 Å². The number of fused-ring (bicyclic) bond motifs is 3. The topological polar surface area (TPSA) is 119 Å². The second kappa shape index (κ2) is 11.5. The Bertz CT molecular complexity index is 1720. The number of phenols is 1. The summed E-state index contributed by atoms with van der Waals surface area (Å²) in [4.78, 5) is 28.3. The standard InChI is InChI=1S/C31H31ClN6O4/c1-3-27(40)38-13-12-37(17-19(38)8-10-33)30-28-26(34-31(35-30)42-18-20-5-4-11-36(20)2)16-23(22-9-14-41-29(22)28)24-15-21(39)6-7-25(24)32/h3,6-7,9,14-16,19-20,39H,1,4-5,8,11-13,17-18H2,2H3/t19-,20-/m0/s1. The van der Waals surface area contributed by atoms with E-state index in [4.69, 9.17) is 30.7 Å². The van der Waals surface area contributed by atoms with Gasteiger partial charge in [0.15, 0.2) is 0 Å². The number of likely N-dealkylation sites (tertiary alicyclic amines) is 1. The van der Waals surface area contributed by atoms with Crippen molar-refractivity contribution in [2.24, 2.45) is 0 Å². The summed E-state index contributed by atoms with van der Waals surface area (Å²) >= 11 is 6.59. The van der Waals surface area contributed by atoms with Gasteiger partial charge in [-0.3, -0.25) is 4.79 Å². The molecule has 2 saturated heterocycles. The number of hydrogen-bond donors (Lipinski definition) is 1. The maximum absolute atomic E-state index is 12.5. The molecule has 1 N–H and O–H groups in total. The maximum atomic E-state index is 12.5. The van der Waals surface area contributed by atoms with E-state index in [1.165, 1.54) is 6.08 Å². The largest absolute Gasteiger partial charge is 0.508 e. The van der Waals surface area contributed by atoms with E-state index < -0.39 is 0 Å². The summed E-state index contributed by atoms with van der Waals surface area (Å²) in [5, 5.41) is 21.7. The third kappa shape index (κ3) is 5.10. The van der Waals surface area contributed by atoms with Gasteiger partial charge in [-0.2, -0.15) is 15.2 Å². The van der Waals surface area contributed by atoms with Gasteiger partial charge in [-0.05, 0) is 68.4 Å². The SMILES string of the molecule is C=CC(=O)N1CCN(c2nc(OC[C@@H]3CCCN3C)nc3cc(-c4cc(O)ccc4Cl)c4ccoc4c23)C[C@@H]1CC#N. The molecule has 1 amide bonds. The van der Waals surface area contributed by atoms with Gasteiger partial charge in [0.05, 0.1) is 35.7 Å². The zero-order chi connectivity index (χ0) is 29.4. The Morgan fingerprint density at radius 1 is 1.24 bits per heavy atom. The van der Waals surface area contributed by atoms with Crippen LogP contribution in [0.25, 0.3) is 33.0 Å². The highest BCUT2D eigenvalue weighted by Crippen LogP contribution is 2.42. The summed E-state index contributed by atoms with van der Waals surface area (Å²) in [6.07, 6.45) is 5.22. The Morgan fingerprint density at radius 2 is 2.10 bits per heavy atom. The van der Waals surface area contributed by atoms with Crippen LogP contribution in [0.4, 0.5) is 5.82 Å². The van der Waals surface area contributed by atoms with Gasteiger partial charge in [-0.15, -0.1) is 0 Å². The number of benzene rings is 2. The van der Waals surface area contributed by atoms with Crippen molar-refractivity contribution in [3.63, 3.8) is 0 Å². The van der Waals surface area contributed by atoms with Crippen molar-refractivity contribution < 1.29 is 19.1 Å². The fraction of sp³-hybridized carbons (Fsp3) is 0.355. The van der Waals surface area contributed by atoms with Crippen LogP contribution >= 0.6 is 11.6 Å². The van der Waals surface area contributed by atoms with E-state index in [0.29, 0.717) is 59.1 Å². The van der Waals surface area contributed by atoms with Gasteiger partial charge in [0.1, 0.15) is 23.8 Å². The van der Waals surface area contributed by atoms with Crippen molar-refractivity contribution in [2.75, 3.05) is 44.7 Å². The van der Waals surface area contributed by atoms with Gasteiger partial charge in [0, 0.05) is 41.6 Å². The molecule has 0 aliphatic carbocycles. The zero-order valence-corrected chi connectivity index (χ0v) is 24.0. The molecular formula is C31H31ClN6O4. The number of aromatic nitrogens is 2. The molecule has 2 atom stereocenters. The quantitative estimate of drug-likeness (QED) is 0.299. The molecule has 0 saturated carbocycles. The van der Waals surface area contributed by atoms with E-state index >= 15 is 0 Å². The molecule has 2 aromatic carbocycles. The van der Waals surface area contributed by atoms with Crippen LogP contribution in [0.3, 0.4) is 0 Å². The summed E-state index contributed by atoms with van der Waals surface area (Å²) in [6.45, 7) is 6.39. The highest BCUT2D eigenvalue weighted by Gasteiger charge is 2.32. The minimum absolute atomic E-state index is 0.0923. The summed E-state index contributed by atoms with van der Waals surface area (Å²) in [5.74, 6) is 0.500. The highest BCUT2D eigenvalue weighted by atomic mass is 35.5. The molecule has 4 aromatic rings. The number of rotatable bonds is 7. The van der Waals surface area contributed by atoms with Gasteiger partial charge in [0.2, 0.25) is 5.91 Å². The Morgan fingerprint density at radius 3 is 2.86 bits per heavy atom. The predicted octanol–water partition coefficient (Wildman–Crippen LogP) is 4.99. The molecule has 0 spiro atoms. The number of phenolic OH excluding ortho intramolecular Hbond substituents is 1. The number of aromatic hydroxyl groups is 1. The zero-order valence-electron chi connectivity index (χ0n) is 23.3. The van der Waals surface area contributed by atoms with Crippen molar-refractivity contribution in [3.8, 4) is 29.0 Å². The average molecular weight is 587 g/mol. The number of nitrogens with zero attached hydrogens (tertiary/aromatic N) is 6. The number of halogens is 1. The predicted molar refractivity (Wildman–Crippen MR) is 161 cm³/mol. The van der Waals surface area contributed by atoms with E-state index in [9.17, 15) is 15.2 Å². The molecule has 10 nitrogen and oxygen atoms in total. The molecular weight excluding hydrogens is 556 g/mol. The smallest absolute Gasteiger partial charge is 0.319 e. The lowest BCUT2D eigenvalue weighted by atomic mass is 9.98. The number of nitriles is 1. The first kappa shape index (κ1) is 27.8. The number of amides is 1. The molecule has 11 heteroatoms.